The molecule has 19 heteroatoms. The molecule has 0 radical (unpaired) electrons. The minimum atomic E-state index is -5.95. The summed E-state index contributed by atoms with van der Waals surface area (Å²) in [4.78, 5) is -3.64. The molecule has 4 rings (SSSR count). The number of halogens is 10. The first kappa shape index (κ1) is 39.9. The molecule has 0 atom stereocenters. The van der Waals surface area contributed by atoms with Crippen LogP contribution in [0, 0.1) is 47.6 Å². The molecule has 0 aliphatic heterocycles. The molecule has 0 saturated heterocycles. The van der Waals surface area contributed by atoms with E-state index in [1.165, 1.54) is 12.1 Å². The second-order valence-electron chi connectivity index (χ2n) is 7.34. The van der Waals surface area contributed by atoms with Crippen LogP contribution in [0.4, 0.5) is 55.3 Å². The Kier molecular flexibility index (Phi) is 15.0. The Hall–Kier alpha value is -3.09. The number of sulfone groups is 2. The number of nitrogens with two attached hydrogens (primary N) is 2. The summed E-state index contributed by atoms with van der Waals surface area (Å²) < 4.78 is 166. The van der Waals surface area contributed by atoms with E-state index >= 15 is 0 Å². The summed E-state index contributed by atoms with van der Waals surface area (Å²) in [5.74, 6) is -6.79. The molecule has 6 nitrogen and oxygen atoms in total. The fourth-order valence-electron chi connectivity index (χ4n) is 2.51. The second-order valence-corrected chi connectivity index (χ2v) is 11.1. The Morgan fingerprint density at radius 1 is 0.628 bits per heavy atom. The molecule has 0 bridgehead atoms. The van der Waals surface area contributed by atoms with E-state index < -0.39 is 75.1 Å². The van der Waals surface area contributed by atoms with Gasteiger partial charge < -0.3 is 11.5 Å². The summed E-state index contributed by atoms with van der Waals surface area (Å²) in [6.45, 7) is 0. The Labute approximate surface area is 254 Å². The largest absolute Gasteiger partial charge is 4.00 e. The van der Waals surface area contributed by atoms with E-state index in [4.69, 9.17) is 11.5 Å². The molecule has 43 heavy (non-hydrogen) atoms. The van der Waals surface area contributed by atoms with Gasteiger partial charge in [0.25, 0.3) is 0 Å². The Bertz CT molecular complexity index is 1420. The zero-order valence-electron chi connectivity index (χ0n) is 20.9. The van der Waals surface area contributed by atoms with Gasteiger partial charge in [0.05, 0.1) is 0 Å². The van der Waals surface area contributed by atoms with Gasteiger partial charge in [0.2, 0.25) is 19.7 Å². The summed E-state index contributed by atoms with van der Waals surface area (Å²) in [5.41, 5.74) is -4.10. The molecule has 0 heterocycles. The van der Waals surface area contributed by atoms with Crippen molar-refractivity contribution in [3.05, 3.63) is 96.1 Å². The van der Waals surface area contributed by atoms with Gasteiger partial charge in [-0.25, -0.2) is 58.7 Å². The molecule has 4 N–H and O–H groups in total. The quantitative estimate of drug-likeness (QED) is 0.133. The van der Waals surface area contributed by atoms with Gasteiger partial charge in [0, 0.05) is 33.1 Å². The normalized spacial score (nSPS) is 13.6. The molecule has 2 aliphatic carbocycles. The number of benzene rings is 2. The minimum Gasteiger partial charge on any atom is -0.418 e. The molecular weight excluding hydrogens is 682 g/mol. The molecule has 0 aromatic heterocycles. The molecule has 2 aromatic rings. The maximum Gasteiger partial charge on any atom is 4.00 e. The van der Waals surface area contributed by atoms with Gasteiger partial charge in [-0.3, -0.25) is 12.2 Å². The molecule has 232 valence electrons. The molecule has 0 saturated carbocycles. The Balaban J connectivity index is 0.000000608. The first-order valence-corrected chi connectivity index (χ1v) is 13.5. The molecular formula is C24H16F10N2O4S2Ti. The number of hydrogen-bond donors (Lipinski definition) is 2. The van der Waals surface area contributed by atoms with Crippen LogP contribution in [0.5, 0.6) is 0 Å². The van der Waals surface area contributed by atoms with E-state index in [1.54, 1.807) is 0 Å². The van der Waals surface area contributed by atoms with Crippen LogP contribution in [0.1, 0.15) is 12.8 Å². The number of rotatable bonds is 2. The molecule has 2 aliphatic rings. The van der Waals surface area contributed by atoms with Crippen molar-refractivity contribution in [3.8, 4) is 0 Å². The summed E-state index contributed by atoms with van der Waals surface area (Å²) in [5, 5.41) is 0. The van der Waals surface area contributed by atoms with Crippen LogP contribution in [-0.2, 0) is 41.4 Å². The van der Waals surface area contributed by atoms with Crippen LogP contribution >= 0.6 is 0 Å². The van der Waals surface area contributed by atoms with Crippen molar-refractivity contribution >= 4 is 31.0 Å². The summed E-state index contributed by atoms with van der Waals surface area (Å²) >= 11 is 0. The zero-order chi connectivity index (χ0) is 32.5. The van der Waals surface area contributed by atoms with Crippen LogP contribution in [0.25, 0.3) is 0 Å². The summed E-state index contributed by atoms with van der Waals surface area (Å²) in [6, 6.07) is 2.81. The van der Waals surface area contributed by atoms with Gasteiger partial charge in [-0.05, 0) is 0 Å². The van der Waals surface area contributed by atoms with E-state index in [-0.39, 0.29) is 33.9 Å². The fourth-order valence-corrected chi connectivity index (χ4v) is 4.29. The van der Waals surface area contributed by atoms with Gasteiger partial charge in [-0.1, -0.05) is 11.4 Å². The van der Waals surface area contributed by atoms with Crippen molar-refractivity contribution in [1.82, 2.24) is 0 Å². The minimum absolute atomic E-state index is 0. The van der Waals surface area contributed by atoms with Gasteiger partial charge >= 0.3 is 32.7 Å². The van der Waals surface area contributed by atoms with E-state index in [2.05, 4.69) is 24.3 Å². The van der Waals surface area contributed by atoms with Crippen LogP contribution in [-0.4, -0.2) is 27.9 Å². The predicted octanol–water partition coefficient (Wildman–Crippen LogP) is 5.89. The number of anilines is 2. The average Bonchev–Trinajstić information content (AvgIpc) is 3.56. The van der Waals surface area contributed by atoms with Crippen LogP contribution in [0.3, 0.4) is 0 Å². The fraction of sp³-hybridized carbons (Fsp3) is 0.167. The van der Waals surface area contributed by atoms with Crippen LogP contribution in [0.2, 0.25) is 0 Å². The third-order valence-electron chi connectivity index (χ3n) is 4.26. The number of alkyl halides is 6. The Morgan fingerprint density at radius 3 is 1.09 bits per heavy atom. The van der Waals surface area contributed by atoms with Crippen molar-refractivity contribution in [3.63, 3.8) is 0 Å². The van der Waals surface area contributed by atoms with E-state index in [0.29, 0.717) is 0 Å². The number of allylic oxidation sites excluding steroid dienone is 8. The second kappa shape index (κ2) is 16.1. The standard InChI is InChI=1S/2C7H3F5NO2S.2C5H5.Ti/c2*8-3-1-4(9)6(5(13)2-3)16(14,15)7(10,11)12;2*1-2-4-5-3-1;/h2*2H,13H2;2*1-3H,4H2;/q4*-1;+4. The maximum atomic E-state index is 12.9. The van der Waals surface area contributed by atoms with Crippen molar-refractivity contribution in [1.29, 1.82) is 0 Å². The average molecular weight is 698 g/mol. The van der Waals surface area contributed by atoms with E-state index in [1.807, 2.05) is 24.3 Å². The molecule has 0 spiro atoms. The van der Waals surface area contributed by atoms with Crippen molar-refractivity contribution in [2.45, 2.75) is 33.6 Å². The SMILES string of the molecule is Nc1cc(F)[c-]c(F)c1S(=O)(=O)C(F)(F)F.Nc1cc(F)[c-]c(F)c1S(=O)(=O)C(F)(F)F.[C-]1=CC=CC1.[C-]1=CC=CC1.[Ti+4]. The maximum absolute atomic E-state index is 12.9. The molecule has 0 amide bonds. The molecule has 2 aromatic carbocycles. The first-order valence-electron chi connectivity index (χ1n) is 10.5. The first-order chi connectivity index (χ1) is 19.1. The van der Waals surface area contributed by atoms with Crippen LogP contribution in [0.15, 0.2) is 58.4 Å². The van der Waals surface area contributed by atoms with Gasteiger partial charge in [-0.2, -0.15) is 38.5 Å². The smallest absolute Gasteiger partial charge is 0.418 e. The van der Waals surface area contributed by atoms with Crippen molar-refractivity contribution in [2.75, 3.05) is 11.5 Å². The number of nitrogen functional groups attached to an aromatic ring is 2. The van der Waals surface area contributed by atoms with Gasteiger partial charge in [0.15, 0.2) is 0 Å². The zero-order valence-corrected chi connectivity index (χ0v) is 24.1. The summed E-state index contributed by atoms with van der Waals surface area (Å²) in [7, 11) is -11.9. The van der Waals surface area contributed by atoms with E-state index in [9.17, 15) is 60.7 Å². The van der Waals surface area contributed by atoms with Crippen molar-refractivity contribution in [2.24, 2.45) is 0 Å². The monoisotopic (exact) mass is 698 g/mol. The van der Waals surface area contributed by atoms with Crippen molar-refractivity contribution < 1.29 is 82.5 Å². The van der Waals surface area contributed by atoms with Gasteiger partial charge in [0.1, 0.15) is 0 Å². The van der Waals surface area contributed by atoms with Gasteiger partial charge in [-0.15, -0.1) is 37.1 Å². The predicted molar refractivity (Wildman–Crippen MR) is 129 cm³/mol. The summed E-state index contributed by atoms with van der Waals surface area (Å²) in [6.07, 6.45) is 20.0. The topological polar surface area (TPSA) is 120 Å². The molecule has 0 unspecified atom stereocenters. The Morgan fingerprint density at radius 2 is 0.930 bits per heavy atom. The van der Waals surface area contributed by atoms with Crippen LogP contribution < -0.4 is 11.5 Å². The third-order valence-corrected chi connectivity index (χ3v) is 7.39. The number of hydrogen-bond acceptors (Lipinski definition) is 6. The van der Waals surface area contributed by atoms with E-state index in [0.717, 1.165) is 12.8 Å². The third kappa shape index (κ3) is 11.2. The molecule has 0 fully saturated rings.